The predicted octanol–water partition coefficient (Wildman–Crippen LogP) is 6.47. The maximum absolute atomic E-state index is 13.6. The molecule has 0 radical (unpaired) electrons. The zero-order valence-corrected chi connectivity index (χ0v) is 19.1. The summed E-state index contributed by atoms with van der Waals surface area (Å²) >= 11 is 13.8. The third kappa shape index (κ3) is 4.32. The van der Waals surface area contributed by atoms with Crippen LogP contribution in [0.25, 0.3) is 10.2 Å². The van der Waals surface area contributed by atoms with Crippen molar-refractivity contribution in [2.24, 2.45) is 0 Å². The van der Waals surface area contributed by atoms with E-state index < -0.39 is 0 Å². The minimum Gasteiger partial charge on any atom is -0.495 e. The maximum Gasteiger partial charge on any atom is 0.261 e. The number of fused-ring (bicyclic) bond motifs is 1. The molecule has 31 heavy (non-hydrogen) atoms. The molecular weight excluding hydrogens is 455 g/mol. The highest BCUT2D eigenvalue weighted by molar-refractivity contribution is 7.22. The summed E-state index contributed by atoms with van der Waals surface area (Å²) < 4.78 is 11.7. The standard InChI is InChI=1S/C23H18Cl2N2O3S/c1-29-18-10-11-19(30-2)21-20(18)26-23(31-21)27(13-14-6-4-3-5-7-14)22(28)16-12-15(24)8-9-17(16)25/h3-12H,13H2,1-2H3. The van der Waals surface area contributed by atoms with Crippen LogP contribution in [0.2, 0.25) is 10.0 Å². The number of hydrogen-bond acceptors (Lipinski definition) is 5. The van der Waals surface area contributed by atoms with E-state index in [1.807, 2.05) is 36.4 Å². The Labute approximate surface area is 193 Å². The lowest BCUT2D eigenvalue weighted by Gasteiger charge is -2.21. The van der Waals surface area contributed by atoms with Gasteiger partial charge >= 0.3 is 0 Å². The number of carbonyl (C=O) groups excluding carboxylic acids is 1. The van der Waals surface area contributed by atoms with Crippen molar-refractivity contribution in [3.63, 3.8) is 0 Å². The summed E-state index contributed by atoms with van der Waals surface area (Å²) in [4.78, 5) is 19.9. The molecule has 1 aromatic heterocycles. The van der Waals surface area contributed by atoms with Gasteiger partial charge in [0.15, 0.2) is 5.13 Å². The first-order valence-corrected chi connectivity index (χ1v) is 10.9. The van der Waals surface area contributed by atoms with Crippen LogP contribution in [0.15, 0.2) is 60.7 Å². The van der Waals surface area contributed by atoms with Gasteiger partial charge in [-0.05, 0) is 35.9 Å². The van der Waals surface area contributed by atoms with Gasteiger partial charge in [0.05, 0.1) is 31.4 Å². The van der Waals surface area contributed by atoms with Crippen LogP contribution >= 0.6 is 34.5 Å². The summed E-state index contributed by atoms with van der Waals surface area (Å²) in [5.74, 6) is 0.965. The van der Waals surface area contributed by atoms with Crippen LogP contribution in [0.1, 0.15) is 15.9 Å². The summed E-state index contributed by atoms with van der Waals surface area (Å²) in [6.07, 6.45) is 0. The van der Waals surface area contributed by atoms with Gasteiger partial charge in [0.1, 0.15) is 21.7 Å². The molecule has 0 saturated heterocycles. The first-order chi connectivity index (χ1) is 15.0. The Kier molecular flexibility index (Phi) is 6.32. The summed E-state index contributed by atoms with van der Waals surface area (Å²) in [5.41, 5.74) is 1.89. The van der Waals surface area contributed by atoms with Gasteiger partial charge in [-0.1, -0.05) is 64.9 Å². The Morgan fingerprint density at radius 2 is 1.71 bits per heavy atom. The first kappa shape index (κ1) is 21.4. The van der Waals surface area contributed by atoms with Gasteiger partial charge < -0.3 is 9.47 Å². The van der Waals surface area contributed by atoms with Crippen LogP contribution in [-0.4, -0.2) is 25.1 Å². The highest BCUT2D eigenvalue weighted by Crippen LogP contribution is 2.41. The van der Waals surface area contributed by atoms with Crippen molar-refractivity contribution >= 4 is 55.8 Å². The van der Waals surface area contributed by atoms with Crippen LogP contribution in [0.3, 0.4) is 0 Å². The van der Waals surface area contributed by atoms with Gasteiger partial charge in [0, 0.05) is 5.02 Å². The number of thiazole rings is 1. The fourth-order valence-electron chi connectivity index (χ4n) is 3.19. The third-order valence-electron chi connectivity index (χ3n) is 4.72. The van der Waals surface area contributed by atoms with Crippen molar-refractivity contribution in [2.45, 2.75) is 6.54 Å². The van der Waals surface area contributed by atoms with E-state index in [0.29, 0.717) is 44.3 Å². The summed E-state index contributed by atoms with van der Waals surface area (Å²) in [5, 5.41) is 1.26. The lowest BCUT2D eigenvalue weighted by atomic mass is 10.1. The Bertz CT molecular complexity index is 1200. The summed E-state index contributed by atoms with van der Waals surface area (Å²) in [6, 6.07) is 18.1. The lowest BCUT2D eigenvalue weighted by Crippen LogP contribution is -2.30. The van der Waals surface area contributed by atoms with Crippen LogP contribution in [0, 0.1) is 0 Å². The molecule has 0 aliphatic carbocycles. The van der Waals surface area contributed by atoms with Crippen molar-refractivity contribution in [2.75, 3.05) is 19.1 Å². The second-order valence-corrected chi connectivity index (χ2v) is 8.47. The highest BCUT2D eigenvalue weighted by Gasteiger charge is 2.25. The van der Waals surface area contributed by atoms with Crippen LogP contribution in [-0.2, 0) is 6.54 Å². The normalized spacial score (nSPS) is 10.8. The van der Waals surface area contributed by atoms with Gasteiger partial charge in [0.2, 0.25) is 0 Å². The molecule has 0 spiro atoms. The number of carbonyl (C=O) groups is 1. The number of methoxy groups -OCH3 is 2. The summed E-state index contributed by atoms with van der Waals surface area (Å²) in [7, 11) is 3.18. The van der Waals surface area contributed by atoms with Crippen LogP contribution in [0.5, 0.6) is 11.5 Å². The second-order valence-electron chi connectivity index (χ2n) is 6.65. The Hall–Kier alpha value is -2.80. The molecule has 5 nitrogen and oxygen atoms in total. The SMILES string of the molecule is COc1ccc(OC)c2sc(N(Cc3ccccc3)C(=O)c3cc(Cl)ccc3Cl)nc12. The molecule has 0 fully saturated rings. The first-order valence-electron chi connectivity index (χ1n) is 9.34. The lowest BCUT2D eigenvalue weighted by molar-refractivity contribution is 0.0985. The number of halogens is 2. The van der Waals surface area contributed by atoms with Crippen molar-refractivity contribution < 1.29 is 14.3 Å². The molecule has 1 amide bonds. The largest absolute Gasteiger partial charge is 0.495 e. The van der Waals surface area contributed by atoms with E-state index in [9.17, 15) is 4.79 Å². The van der Waals surface area contributed by atoms with E-state index in [1.165, 1.54) is 11.3 Å². The number of anilines is 1. The molecule has 158 valence electrons. The van der Waals surface area contributed by atoms with Crippen molar-refractivity contribution in [3.8, 4) is 11.5 Å². The third-order valence-corrected chi connectivity index (χ3v) is 6.37. The van der Waals surface area contributed by atoms with E-state index in [2.05, 4.69) is 0 Å². The number of rotatable bonds is 6. The zero-order valence-electron chi connectivity index (χ0n) is 16.8. The molecule has 3 aromatic carbocycles. The van der Waals surface area contributed by atoms with E-state index in [0.717, 1.165) is 10.3 Å². The Balaban J connectivity index is 1.86. The number of benzene rings is 3. The van der Waals surface area contributed by atoms with Crippen molar-refractivity contribution in [1.29, 1.82) is 0 Å². The smallest absolute Gasteiger partial charge is 0.261 e. The fraction of sp³-hybridized carbons (Fsp3) is 0.130. The molecule has 0 saturated carbocycles. The number of amides is 1. The fourth-order valence-corrected chi connectivity index (χ4v) is 4.63. The Morgan fingerprint density at radius 3 is 2.42 bits per heavy atom. The predicted molar refractivity (Wildman–Crippen MR) is 126 cm³/mol. The second kappa shape index (κ2) is 9.14. The molecule has 0 atom stereocenters. The van der Waals surface area contributed by atoms with Gasteiger partial charge in [0.25, 0.3) is 5.91 Å². The van der Waals surface area contributed by atoms with Crippen LogP contribution < -0.4 is 14.4 Å². The van der Waals surface area contributed by atoms with E-state index in [-0.39, 0.29) is 5.91 Å². The van der Waals surface area contributed by atoms with Crippen molar-refractivity contribution in [3.05, 3.63) is 81.8 Å². The monoisotopic (exact) mass is 472 g/mol. The zero-order chi connectivity index (χ0) is 22.0. The average molecular weight is 473 g/mol. The minimum absolute atomic E-state index is 0.298. The molecule has 4 aromatic rings. The van der Waals surface area contributed by atoms with E-state index >= 15 is 0 Å². The summed E-state index contributed by atoms with van der Waals surface area (Å²) in [6.45, 7) is 0.312. The van der Waals surface area contributed by atoms with Crippen LogP contribution in [0.4, 0.5) is 5.13 Å². The van der Waals surface area contributed by atoms with Gasteiger partial charge in [-0.25, -0.2) is 4.98 Å². The molecule has 0 unspecified atom stereocenters. The number of aromatic nitrogens is 1. The number of nitrogens with zero attached hydrogens (tertiary/aromatic N) is 2. The van der Waals surface area contributed by atoms with Gasteiger partial charge in [-0.2, -0.15) is 0 Å². The number of ether oxygens (including phenoxy) is 2. The number of hydrogen-bond donors (Lipinski definition) is 0. The van der Waals surface area contributed by atoms with Crippen molar-refractivity contribution in [1.82, 2.24) is 4.98 Å². The molecule has 8 heteroatoms. The molecular formula is C23H18Cl2N2O3S. The molecule has 1 heterocycles. The average Bonchev–Trinajstić information content (AvgIpc) is 3.24. The Morgan fingerprint density at radius 1 is 1.00 bits per heavy atom. The molecule has 4 rings (SSSR count). The highest BCUT2D eigenvalue weighted by atomic mass is 35.5. The topological polar surface area (TPSA) is 51.7 Å². The van der Waals surface area contributed by atoms with Gasteiger partial charge in [-0.3, -0.25) is 9.69 Å². The molecule has 0 aliphatic rings. The quantitative estimate of drug-likeness (QED) is 0.322. The van der Waals surface area contributed by atoms with E-state index in [1.54, 1.807) is 43.4 Å². The maximum atomic E-state index is 13.6. The molecule has 0 aliphatic heterocycles. The minimum atomic E-state index is -0.298. The van der Waals surface area contributed by atoms with E-state index in [4.69, 9.17) is 37.7 Å². The van der Waals surface area contributed by atoms with Gasteiger partial charge in [-0.15, -0.1) is 0 Å². The molecule has 0 bridgehead atoms. The molecule has 0 N–H and O–H groups in total.